The number of aliphatic hydroxyl groups excluding tert-OH is 1. The summed E-state index contributed by atoms with van der Waals surface area (Å²) in [6.45, 7) is 5.67. The van der Waals surface area contributed by atoms with Gasteiger partial charge in [0.05, 0.1) is 12.8 Å². The molecular formula is C29H35FN4O2. The van der Waals surface area contributed by atoms with Gasteiger partial charge in [-0.3, -0.25) is 9.69 Å². The van der Waals surface area contributed by atoms with Gasteiger partial charge in [0.15, 0.2) is 0 Å². The normalized spacial score (nSPS) is 18.9. The van der Waals surface area contributed by atoms with Gasteiger partial charge in [-0.05, 0) is 73.0 Å². The van der Waals surface area contributed by atoms with E-state index in [0.29, 0.717) is 26.1 Å². The van der Waals surface area contributed by atoms with Crippen molar-refractivity contribution in [3.8, 4) is 0 Å². The van der Waals surface area contributed by atoms with E-state index in [-0.39, 0.29) is 18.3 Å². The minimum absolute atomic E-state index is 0.0580. The summed E-state index contributed by atoms with van der Waals surface area (Å²) in [5.41, 5.74) is 2.75. The molecule has 0 bridgehead atoms. The third-order valence-corrected chi connectivity index (χ3v) is 7.80. The smallest absolute Gasteiger partial charge is 0.250 e. The molecule has 2 heterocycles. The van der Waals surface area contributed by atoms with E-state index in [1.807, 2.05) is 0 Å². The first-order valence-corrected chi connectivity index (χ1v) is 12.8. The zero-order chi connectivity index (χ0) is 25.3. The lowest BCUT2D eigenvalue weighted by Crippen LogP contribution is -2.56. The van der Waals surface area contributed by atoms with Crippen LogP contribution in [0.5, 0.6) is 0 Å². The number of aliphatic hydroxyl groups is 1. The van der Waals surface area contributed by atoms with E-state index >= 15 is 0 Å². The second-order valence-corrected chi connectivity index (χ2v) is 10.2. The first-order valence-electron chi connectivity index (χ1n) is 12.8. The summed E-state index contributed by atoms with van der Waals surface area (Å²) in [6.07, 6.45) is 0.732. The molecule has 2 N–H and O–H groups in total. The second kappa shape index (κ2) is 10.2. The van der Waals surface area contributed by atoms with Crippen molar-refractivity contribution in [2.45, 2.75) is 38.0 Å². The summed E-state index contributed by atoms with van der Waals surface area (Å²) in [4.78, 5) is 20.1. The molecule has 0 aliphatic carbocycles. The van der Waals surface area contributed by atoms with Gasteiger partial charge in [-0.25, -0.2) is 4.39 Å². The predicted molar refractivity (Wildman–Crippen MR) is 141 cm³/mol. The first kappa shape index (κ1) is 24.7. The van der Waals surface area contributed by atoms with Gasteiger partial charge in [-0.15, -0.1) is 0 Å². The molecule has 3 aromatic rings. The third kappa shape index (κ3) is 4.59. The molecule has 36 heavy (non-hydrogen) atoms. The molecule has 0 aromatic heterocycles. The van der Waals surface area contributed by atoms with Crippen molar-refractivity contribution in [1.29, 1.82) is 0 Å². The van der Waals surface area contributed by atoms with Crippen LogP contribution in [0, 0.1) is 12.7 Å². The Morgan fingerprint density at radius 2 is 1.75 bits per heavy atom. The summed E-state index contributed by atoms with van der Waals surface area (Å²) in [6, 6.07) is 19.3. The molecular weight excluding hydrogens is 455 g/mol. The number of amides is 1. The van der Waals surface area contributed by atoms with Crippen LogP contribution in [-0.4, -0.2) is 72.4 Å². The molecule has 2 saturated heterocycles. The maximum Gasteiger partial charge on any atom is 0.250 e. The van der Waals surface area contributed by atoms with Crippen LogP contribution in [0.2, 0.25) is 0 Å². The topological polar surface area (TPSA) is 59.1 Å². The zero-order valence-electron chi connectivity index (χ0n) is 21.1. The molecule has 3 aromatic carbocycles. The van der Waals surface area contributed by atoms with Crippen molar-refractivity contribution in [1.82, 2.24) is 15.1 Å². The van der Waals surface area contributed by atoms with Gasteiger partial charge in [0, 0.05) is 38.4 Å². The number of carbonyl (C=O) groups is 1. The first-order chi connectivity index (χ1) is 17.4. The Morgan fingerprint density at radius 3 is 2.44 bits per heavy atom. The molecule has 2 aliphatic heterocycles. The largest absolute Gasteiger partial charge is 0.390 e. The number of nitrogens with zero attached hydrogens (tertiary/aromatic N) is 3. The SMILES string of the molecule is CNC[C@H](O)CN1CN(c2ccc(F)cc2)C2(CCN(Cc3cccc4cccc(C)c34)CC2)C1=O. The average molecular weight is 491 g/mol. The van der Waals surface area contributed by atoms with Gasteiger partial charge in [-0.1, -0.05) is 36.4 Å². The van der Waals surface area contributed by atoms with Crippen LogP contribution in [0.3, 0.4) is 0 Å². The van der Waals surface area contributed by atoms with Crippen LogP contribution >= 0.6 is 0 Å². The Labute approximate surface area is 212 Å². The average Bonchev–Trinajstić information content (AvgIpc) is 3.12. The summed E-state index contributed by atoms with van der Waals surface area (Å²) in [5.74, 6) is -0.234. The highest BCUT2D eigenvalue weighted by Crippen LogP contribution is 2.40. The standard InChI is InChI=1S/C29H35FN4O2/c1-21-5-3-6-22-7-4-8-23(27(21)22)18-32-15-13-29(14-16-32)28(36)33(19-26(35)17-31-2)20-34(29)25-11-9-24(30)10-12-25/h3-12,26,31,35H,13-20H2,1-2H3/t26-/m0/s1. The molecule has 1 atom stereocenters. The molecule has 6 nitrogen and oxygen atoms in total. The third-order valence-electron chi connectivity index (χ3n) is 7.80. The molecule has 1 amide bonds. The predicted octanol–water partition coefficient (Wildman–Crippen LogP) is 3.51. The highest BCUT2D eigenvalue weighted by molar-refractivity contribution is 5.93. The van der Waals surface area contributed by atoms with Gasteiger partial charge >= 0.3 is 0 Å². The number of fused-ring (bicyclic) bond motifs is 1. The molecule has 2 fully saturated rings. The zero-order valence-corrected chi connectivity index (χ0v) is 21.1. The van der Waals surface area contributed by atoms with Gasteiger partial charge in [-0.2, -0.15) is 0 Å². The number of hydrogen-bond acceptors (Lipinski definition) is 5. The lowest BCUT2D eigenvalue weighted by Gasteiger charge is -2.43. The summed E-state index contributed by atoms with van der Waals surface area (Å²) in [7, 11) is 1.79. The summed E-state index contributed by atoms with van der Waals surface area (Å²) < 4.78 is 13.7. The maximum absolute atomic E-state index is 13.8. The number of carbonyl (C=O) groups excluding carboxylic acids is 1. The summed E-state index contributed by atoms with van der Waals surface area (Å²) in [5, 5.41) is 15.9. The lowest BCUT2D eigenvalue weighted by atomic mass is 9.85. The number of hydrogen-bond donors (Lipinski definition) is 2. The van der Waals surface area contributed by atoms with Gasteiger partial charge < -0.3 is 20.2 Å². The van der Waals surface area contributed by atoms with Crippen molar-refractivity contribution >= 4 is 22.4 Å². The van der Waals surface area contributed by atoms with E-state index in [9.17, 15) is 14.3 Å². The number of aryl methyl sites for hydroxylation is 1. The lowest BCUT2D eigenvalue weighted by molar-refractivity contribution is -0.134. The number of anilines is 1. The maximum atomic E-state index is 13.8. The van der Waals surface area contributed by atoms with Crippen LogP contribution in [0.15, 0.2) is 60.7 Å². The minimum atomic E-state index is -0.678. The minimum Gasteiger partial charge on any atom is -0.390 e. The monoisotopic (exact) mass is 490 g/mol. The molecule has 1 spiro atoms. The van der Waals surface area contributed by atoms with Crippen molar-refractivity contribution in [3.05, 3.63) is 77.6 Å². The number of β-amino-alcohol motifs (C(OH)–C–C–N with tert-alkyl or cyclic N) is 1. The fourth-order valence-corrected chi connectivity index (χ4v) is 5.98. The number of likely N-dealkylation sites (tertiary alicyclic amines) is 1. The van der Waals surface area contributed by atoms with Crippen molar-refractivity contribution in [2.75, 3.05) is 44.8 Å². The highest BCUT2D eigenvalue weighted by Gasteiger charge is 2.53. The number of likely N-dealkylation sites (N-methyl/N-ethyl adjacent to an activating group) is 1. The molecule has 190 valence electrons. The van der Waals surface area contributed by atoms with E-state index in [4.69, 9.17) is 0 Å². The van der Waals surface area contributed by atoms with Crippen molar-refractivity contribution < 1.29 is 14.3 Å². The van der Waals surface area contributed by atoms with Crippen LogP contribution in [0.25, 0.3) is 10.8 Å². The Hall–Kier alpha value is -3.00. The number of benzene rings is 3. The molecule has 2 aliphatic rings. The van der Waals surface area contributed by atoms with Crippen LogP contribution in [-0.2, 0) is 11.3 Å². The molecule has 0 saturated carbocycles. The number of nitrogens with one attached hydrogen (secondary N) is 1. The van der Waals surface area contributed by atoms with Crippen LogP contribution in [0.1, 0.15) is 24.0 Å². The Bertz CT molecular complexity index is 1220. The van der Waals surface area contributed by atoms with Gasteiger partial charge in [0.2, 0.25) is 5.91 Å². The molecule has 7 heteroatoms. The van der Waals surface area contributed by atoms with Crippen LogP contribution in [0.4, 0.5) is 10.1 Å². The number of rotatable bonds is 7. The Kier molecular flexibility index (Phi) is 6.97. The van der Waals surface area contributed by atoms with E-state index in [2.05, 4.69) is 58.4 Å². The van der Waals surface area contributed by atoms with E-state index in [1.165, 1.54) is 34.0 Å². The van der Waals surface area contributed by atoms with Gasteiger partial charge in [0.25, 0.3) is 0 Å². The fraction of sp³-hybridized carbons (Fsp3) is 0.414. The second-order valence-electron chi connectivity index (χ2n) is 10.2. The van der Waals surface area contributed by atoms with E-state index in [0.717, 1.165) is 25.3 Å². The highest BCUT2D eigenvalue weighted by atomic mass is 19.1. The van der Waals surface area contributed by atoms with E-state index < -0.39 is 11.6 Å². The molecule has 5 rings (SSSR count). The number of halogens is 1. The van der Waals surface area contributed by atoms with Crippen molar-refractivity contribution in [3.63, 3.8) is 0 Å². The number of piperidine rings is 1. The summed E-state index contributed by atoms with van der Waals surface area (Å²) >= 11 is 0. The fourth-order valence-electron chi connectivity index (χ4n) is 5.98. The van der Waals surface area contributed by atoms with E-state index in [1.54, 1.807) is 24.1 Å². The molecule has 0 radical (unpaired) electrons. The van der Waals surface area contributed by atoms with Gasteiger partial charge in [0.1, 0.15) is 11.4 Å². The molecule has 0 unspecified atom stereocenters. The Morgan fingerprint density at radius 1 is 1.06 bits per heavy atom. The quantitative estimate of drug-likeness (QED) is 0.531. The Balaban J connectivity index is 1.37. The van der Waals surface area contributed by atoms with Crippen molar-refractivity contribution in [2.24, 2.45) is 0 Å². The van der Waals surface area contributed by atoms with Crippen LogP contribution < -0.4 is 10.2 Å².